The molecule has 1 aliphatic rings. The first-order valence-corrected chi connectivity index (χ1v) is 9.70. The number of nitrogens with zero attached hydrogens (tertiary/aromatic N) is 8. The number of rotatable bonds is 5. The van der Waals surface area contributed by atoms with Crippen molar-refractivity contribution in [1.29, 1.82) is 0 Å². The highest BCUT2D eigenvalue weighted by atomic mass is 16.5. The summed E-state index contributed by atoms with van der Waals surface area (Å²) in [6, 6.07) is 1.77. The van der Waals surface area contributed by atoms with Gasteiger partial charge in [-0.3, -0.25) is 14.2 Å². The molecule has 1 saturated heterocycles. The standard InChI is InChI=1S/C19H22N8O3/c1-13-23-17(30-24-13)15-12-22-14(2)27(18(15)29)7-4-16(28)25-8-10-26(11-9-25)19-20-5-3-6-21-19/h3,5-6,12H,4,7-11H2,1-2H3. The molecule has 1 amide bonds. The summed E-state index contributed by atoms with van der Waals surface area (Å²) < 4.78 is 6.56. The molecule has 0 bridgehead atoms. The predicted molar refractivity (Wildman–Crippen MR) is 107 cm³/mol. The van der Waals surface area contributed by atoms with Crippen LogP contribution in [0.5, 0.6) is 0 Å². The topological polar surface area (TPSA) is 123 Å². The molecule has 11 nitrogen and oxygen atoms in total. The minimum atomic E-state index is -0.301. The Labute approximate surface area is 172 Å². The molecule has 0 radical (unpaired) electrons. The molecule has 0 aliphatic carbocycles. The zero-order chi connectivity index (χ0) is 21.1. The Morgan fingerprint density at radius 1 is 1.10 bits per heavy atom. The first-order chi connectivity index (χ1) is 14.5. The Morgan fingerprint density at radius 3 is 2.50 bits per heavy atom. The van der Waals surface area contributed by atoms with Crippen molar-refractivity contribution in [2.45, 2.75) is 26.8 Å². The first-order valence-electron chi connectivity index (χ1n) is 9.70. The van der Waals surface area contributed by atoms with Gasteiger partial charge in [-0.1, -0.05) is 5.16 Å². The van der Waals surface area contributed by atoms with Crippen molar-refractivity contribution in [3.05, 3.63) is 46.7 Å². The van der Waals surface area contributed by atoms with Crippen LogP contribution in [0.15, 0.2) is 34.0 Å². The monoisotopic (exact) mass is 410 g/mol. The minimum Gasteiger partial charge on any atom is -0.339 e. The molecule has 4 heterocycles. The van der Waals surface area contributed by atoms with E-state index < -0.39 is 0 Å². The van der Waals surface area contributed by atoms with Gasteiger partial charge in [0.15, 0.2) is 5.82 Å². The molecule has 11 heteroatoms. The lowest BCUT2D eigenvalue weighted by Gasteiger charge is -2.34. The second-order valence-corrected chi connectivity index (χ2v) is 6.99. The molecule has 4 rings (SSSR count). The molecular formula is C19H22N8O3. The van der Waals surface area contributed by atoms with Crippen LogP contribution in [0, 0.1) is 13.8 Å². The van der Waals surface area contributed by atoms with Crippen molar-refractivity contribution in [2.24, 2.45) is 0 Å². The van der Waals surface area contributed by atoms with Crippen molar-refractivity contribution in [1.82, 2.24) is 34.6 Å². The van der Waals surface area contributed by atoms with Gasteiger partial charge in [-0.25, -0.2) is 15.0 Å². The SMILES string of the molecule is Cc1noc(-c2cnc(C)n(CCC(=O)N3CCN(c4ncccn4)CC3)c2=O)n1. The zero-order valence-corrected chi connectivity index (χ0v) is 16.9. The van der Waals surface area contributed by atoms with Crippen molar-refractivity contribution < 1.29 is 9.32 Å². The molecule has 0 atom stereocenters. The molecule has 1 aliphatic heterocycles. The third-order valence-corrected chi connectivity index (χ3v) is 5.02. The number of piperazine rings is 1. The van der Waals surface area contributed by atoms with E-state index in [0.717, 1.165) is 0 Å². The molecule has 3 aromatic heterocycles. The van der Waals surface area contributed by atoms with Gasteiger partial charge in [-0.05, 0) is 19.9 Å². The van der Waals surface area contributed by atoms with Gasteiger partial charge >= 0.3 is 0 Å². The van der Waals surface area contributed by atoms with Crippen LogP contribution in [0.1, 0.15) is 18.1 Å². The summed E-state index contributed by atoms with van der Waals surface area (Å²) in [7, 11) is 0. The highest BCUT2D eigenvalue weighted by Crippen LogP contribution is 2.13. The molecule has 0 unspecified atom stereocenters. The van der Waals surface area contributed by atoms with E-state index in [4.69, 9.17) is 4.52 Å². The Bertz CT molecular complexity index is 1090. The average Bonchev–Trinajstić information content (AvgIpc) is 3.20. The summed E-state index contributed by atoms with van der Waals surface area (Å²) in [5, 5.41) is 3.71. The van der Waals surface area contributed by atoms with Gasteiger partial charge in [-0.2, -0.15) is 4.98 Å². The van der Waals surface area contributed by atoms with Gasteiger partial charge in [0.25, 0.3) is 11.4 Å². The van der Waals surface area contributed by atoms with Crippen LogP contribution < -0.4 is 10.5 Å². The second-order valence-electron chi connectivity index (χ2n) is 6.99. The van der Waals surface area contributed by atoms with E-state index in [9.17, 15) is 9.59 Å². The molecule has 3 aromatic rings. The van der Waals surface area contributed by atoms with Gasteiger partial charge < -0.3 is 14.3 Å². The maximum Gasteiger partial charge on any atom is 0.266 e. The fraction of sp³-hybridized carbons (Fsp3) is 0.421. The van der Waals surface area contributed by atoms with E-state index in [1.54, 1.807) is 37.2 Å². The largest absolute Gasteiger partial charge is 0.339 e. The second kappa shape index (κ2) is 8.39. The van der Waals surface area contributed by atoms with Crippen LogP contribution in [-0.2, 0) is 11.3 Å². The van der Waals surface area contributed by atoms with E-state index in [0.29, 0.717) is 43.8 Å². The number of amides is 1. The maximum absolute atomic E-state index is 12.8. The third kappa shape index (κ3) is 4.04. The smallest absolute Gasteiger partial charge is 0.266 e. The molecule has 0 aromatic carbocycles. The summed E-state index contributed by atoms with van der Waals surface area (Å²) in [6.45, 7) is 6.15. The Morgan fingerprint density at radius 2 is 1.83 bits per heavy atom. The predicted octanol–water partition coefficient (Wildman–Crippen LogP) is 0.439. The number of carbonyl (C=O) groups excluding carboxylic acids is 1. The van der Waals surface area contributed by atoms with Crippen molar-refractivity contribution >= 4 is 11.9 Å². The third-order valence-electron chi connectivity index (χ3n) is 5.02. The van der Waals surface area contributed by atoms with E-state index in [1.165, 1.54) is 10.8 Å². The summed E-state index contributed by atoms with van der Waals surface area (Å²) in [4.78, 5) is 46.2. The Balaban J connectivity index is 1.39. The number of aryl methyl sites for hydroxylation is 2. The highest BCUT2D eigenvalue weighted by Gasteiger charge is 2.23. The maximum atomic E-state index is 12.8. The molecular weight excluding hydrogens is 388 g/mol. The van der Waals surface area contributed by atoms with E-state index in [1.807, 2.05) is 0 Å². The lowest BCUT2D eigenvalue weighted by atomic mass is 10.2. The van der Waals surface area contributed by atoms with Crippen LogP contribution in [-0.4, -0.2) is 66.6 Å². The van der Waals surface area contributed by atoms with Gasteiger partial charge in [0.2, 0.25) is 11.9 Å². The van der Waals surface area contributed by atoms with Crippen molar-refractivity contribution in [3.8, 4) is 11.5 Å². The molecule has 0 N–H and O–H groups in total. The zero-order valence-electron chi connectivity index (χ0n) is 16.9. The number of carbonyl (C=O) groups is 1. The summed E-state index contributed by atoms with van der Waals surface area (Å²) >= 11 is 0. The first kappa shape index (κ1) is 19.7. The lowest BCUT2D eigenvalue weighted by molar-refractivity contribution is -0.131. The van der Waals surface area contributed by atoms with Gasteiger partial charge in [-0.15, -0.1) is 0 Å². The summed E-state index contributed by atoms with van der Waals surface area (Å²) in [6.07, 6.45) is 5.04. The molecule has 0 saturated carbocycles. The van der Waals surface area contributed by atoms with Crippen LogP contribution in [0.4, 0.5) is 5.95 Å². The summed E-state index contributed by atoms with van der Waals surface area (Å²) in [5.41, 5.74) is -0.0740. The average molecular weight is 410 g/mol. The van der Waals surface area contributed by atoms with Gasteiger partial charge in [0, 0.05) is 57.7 Å². The Kier molecular flexibility index (Phi) is 5.50. The fourth-order valence-corrected chi connectivity index (χ4v) is 3.37. The Hall–Kier alpha value is -3.63. The van der Waals surface area contributed by atoms with Crippen molar-refractivity contribution in [3.63, 3.8) is 0 Å². The van der Waals surface area contributed by atoms with E-state index in [2.05, 4.69) is 30.0 Å². The fourth-order valence-electron chi connectivity index (χ4n) is 3.37. The van der Waals surface area contributed by atoms with E-state index >= 15 is 0 Å². The number of hydrogen-bond acceptors (Lipinski definition) is 9. The number of aromatic nitrogens is 6. The van der Waals surface area contributed by atoms with Crippen LogP contribution in [0.3, 0.4) is 0 Å². The normalized spacial score (nSPS) is 14.2. The molecule has 30 heavy (non-hydrogen) atoms. The molecule has 0 spiro atoms. The van der Waals surface area contributed by atoms with Gasteiger partial charge in [0.05, 0.1) is 0 Å². The quantitative estimate of drug-likeness (QED) is 0.589. The molecule has 1 fully saturated rings. The summed E-state index contributed by atoms with van der Waals surface area (Å²) in [5.74, 6) is 1.76. The van der Waals surface area contributed by atoms with Crippen LogP contribution in [0.25, 0.3) is 11.5 Å². The van der Waals surface area contributed by atoms with Crippen molar-refractivity contribution in [2.75, 3.05) is 31.1 Å². The van der Waals surface area contributed by atoms with E-state index in [-0.39, 0.29) is 35.9 Å². The van der Waals surface area contributed by atoms with Gasteiger partial charge in [0.1, 0.15) is 11.4 Å². The number of hydrogen-bond donors (Lipinski definition) is 0. The van der Waals surface area contributed by atoms with Crippen LogP contribution >= 0.6 is 0 Å². The number of anilines is 1. The highest BCUT2D eigenvalue weighted by molar-refractivity contribution is 5.76. The molecule has 156 valence electrons. The minimum absolute atomic E-state index is 0.00559. The van der Waals surface area contributed by atoms with Crippen LogP contribution in [0.2, 0.25) is 0 Å². The lowest BCUT2D eigenvalue weighted by Crippen LogP contribution is -2.49.